The van der Waals surface area contributed by atoms with E-state index in [9.17, 15) is 4.39 Å². The fourth-order valence-corrected chi connectivity index (χ4v) is 2.31. The molecule has 0 spiro atoms. The van der Waals surface area contributed by atoms with Gasteiger partial charge in [0.25, 0.3) is 0 Å². The lowest BCUT2D eigenvalue weighted by Gasteiger charge is -2.25. The minimum Gasteiger partial charge on any atom is -0.321 e. The summed E-state index contributed by atoms with van der Waals surface area (Å²) in [5, 5.41) is 4.40. The molecule has 19 heavy (non-hydrogen) atoms. The normalized spacial score (nSPS) is 14.4. The first kappa shape index (κ1) is 13.7. The van der Waals surface area contributed by atoms with Gasteiger partial charge in [-0.1, -0.05) is 25.1 Å². The largest absolute Gasteiger partial charge is 0.321 e. The van der Waals surface area contributed by atoms with Gasteiger partial charge in [0.15, 0.2) is 0 Å². The molecule has 4 heteroatoms. The molecule has 0 aliphatic rings. The van der Waals surface area contributed by atoms with E-state index in [4.69, 9.17) is 5.73 Å². The monoisotopic (exact) mass is 261 g/mol. The average molecular weight is 261 g/mol. The van der Waals surface area contributed by atoms with Crippen molar-refractivity contribution in [1.82, 2.24) is 9.78 Å². The highest BCUT2D eigenvalue weighted by Crippen LogP contribution is 2.25. The Morgan fingerprint density at radius 3 is 2.63 bits per heavy atom. The lowest BCUT2D eigenvalue weighted by atomic mass is 9.88. The number of nitrogens with two attached hydrogens (primary N) is 1. The Kier molecular flexibility index (Phi) is 3.71. The number of rotatable bonds is 4. The minimum absolute atomic E-state index is 0.259. The van der Waals surface area contributed by atoms with Crippen molar-refractivity contribution < 1.29 is 4.39 Å². The zero-order valence-electron chi connectivity index (χ0n) is 11.7. The summed E-state index contributed by atoms with van der Waals surface area (Å²) < 4.78 is 15.7. The molecule has 0 aliphatic carbocycles. The second-order valence-electron chi connectivity index (χ2n) is 5.18. The summed E-state index contributed by atoms with van der Waals surface area (Å²) >= 11 is 0. The molecule has 0 amide bonds. The number of benzene rings is 1. The third-order valence-electron chi connectivity index (χ3n) is 3.43. The number of halogens is 1. The van der Waals surface area contributed by atoms with E-state index in [-0.39, 0.29) is 5.82 Å². The van der Waals surface area contributed by atoms with Gasteiger partial charge >= 0.3 is 0 Å². The topological polar surface area (TPSA) is 43.8 Å². The second kappa shape index (κ2) is 5.13. The van der Waals surface area contributed by atoms with Crippen LogP contribution in [0.5, 0.6) is 0 Å². The molecule has 2 rings (SSSR count). The van der Waals surface area contributed by atoms with Crippen molar-refractivity contribution in [3.8, 4) is 0 Å². The first-order valence-electron chi connectivity index (χ1n) is 6.49. The van der Waals surface area contributed by atoms with Gasteiger partial charge in [-0.3, -0.25) is 4.68 Å². The first-order valence-corrected chi connectivity index (χ1v) is 6.49. The van der Waals surface area contributed by atoms with Crippen molar-refractivity contribution in [2.24, 2.45) is 12.8 Å². The summed E-state index contributed by atoms with van der Waals surface area (Å²) in [6.07, 6.45) is 1.44. The predicted octanol–water partition coefficient (Wildman–Crippen LogP) is 2.54. The predicted molar refractivity (Wildman–Crippen MR) is 74.2 cm³/mol. The molecule has 0 saturated heterocycles. The third-order valence-corrected chi connectivity index (χ3v) is 3.43. The van der Waals surface area contributed by atoms with Crippen LogP contribution in [0.25, 0.3) is 0 Å². The fourth-order valence-electron chi connectivity index (χ4n) is 2.31. The summed E-state index contributed by atoms with van der Waals surface area (Å²) in [5.41, 5.74) is 8.15. The molecule has 1 heterocycles. The zero-order chi connectivity index (χ0) is 14.0. The van der Waals surface area contributed by atoms with E-state index >= 15 is 0 Å². The SMILES string of the molecule is CCc1cc(CC(C)(N)c2ccccc2F)n(C)n1. The molecule has 1 unspecified atom stereocenters. The van der Waals surface area contributed by atoms with Crippen molar-refractivity contribution >= 4 is 0 Å². The third kappa shape index (κ3) is 2.84. The van der Waals surface area contributed by atoms with Gasteiger partial charge in [-0.05, 0) is 25.5 Å². The Hall–Kier alpha value is -1.68. The van der Waals surface area contributed by atoms with E-state index in [2.05, 4.69) is 12.0 Å². The van der Waals surface area contributed by atoms with E-state index in [1.807, 2.05) is 30.8 Å². The molecule has 102 valence electrons. The van der Waals surface area contributed by atoms with Crippen LogP contribution in [-0.2, 0) is 25.4 Å². The molecule has 2 aromatic rings. The number of aryl methyl sites for hydroxylation is 2. The Bertz CT molecular complexity index is 573. The number of nitrogens with zero attached hydrogens (tertiary/aromatic N) is 2. The lowest BCUT2D eigenvalue weighted by Crippen LogP contribution is -2.37. The van der Waals surface area contributed by atoms with Crippen molar-refractivity contribution in [3.63, 3.8) is 0 Å². The van der Waals surface area contributed by atoms with Crippen LogP contribution >= 0.6 is 0 Å². The maximum absolute atomic E-state index is 13.9. The van der Waals surface area contributed by atoms with E-state index in [0.717, 1.165) is 17.8 Å². The maximum Gasteiger partial charge on any atom is 0.128 e. The smallest absolute Gasteiger partial charge is 0.128 e. The van der Waals surface area contributed by atoms with E-state index < -0.39 is 5.54 Å². The number of hydrogen-bond acceptors (Lipinski definition) is 2. The molecule has 0 aliphatic heterocycles. The molecule has 1 aromatic heterocycles. The van der Waals surface area contributed by atoms with Gasteiger partial charge < -0.3 is 5.73 Å². The van der Waals surface area contributed by atoms with Gasteiger partial charge in [0, 0.05) is 30.3 Å². The Morgan fingerprint density at radius 2 is 2.05 bits per heavy atom. The van der Waals surface area contributed by atoms with Gasteiger partial charge in [-0.2, -0.15) is 5.10 Å². The van der Waals surface area contributed by atoms with Crippen molar-refractivity contribution in [1.29, 1.82) is 0 Å². The van der Waals surface area contributed by atoms with Gasteiger partial charge in [0.2, 0.25) is 0 Å². The molecular weight excluding hydrogens is 241 g/mol. The zero-order valence-corrected chi connectivity index (χ0v) is 11.7. The highest BCUT2D eigenvalue weighted by molar-refractivity contribution is 5.27. The quantitative estimate of drug-likeness (QED) is 0.919. The number of aromatic nitrogens is 2. The maximum atomic E-state index is 13.9. The van der Waals surface area contributed by atoms with Gasteiger partial charge in [-0.15, -0.1) is 0 Å². The van der Waals surface area contributed by atoms with Crippen LogP contribution in [0.4, 0.5) is 4.39 Å². The van der Waals surface area contributed by atoms with E-state index in [0.29, 0.717) is 12.0 Å². The summed E-state index contributed by atoms with van der Waals surface area (Å²) in [4.78, 5) is 0. The average Bonchev–Trinajstić information content (AvgIpc) is 2.70. The molecule has 0 fully saturated rings. The molecule has 2 N–H and O–H groups in total. The molecule has 1 atom stereocenters. The van der Waals surface area contributed by atoms with Crippen LogP contribution in [0.2, 0.25) is 0 Å². The highest BCUT2D eigenvalue weighted by Gasteiger charge is 2.26. The van der Waals surface area contributed by atoms with Crippen molar-refractivity contribution in [2.75, 3.05) is 0 Å². The first-order chi connectivity index (χ1) is 8.94. The van der Waals surface area contributed by atoms with E-state index in [1.54, 1.807) is 12.1 Å². The van der Waals surface area contributed by atoms with Crippen molar-refractivity contribution in [3.05, 3.63) is 53.1 Å². The van der Waals surface area contributed by atoms with Crippen LogP contribution in [0.15, 0.2) is 30.3 Å². The molecule has 3 nitrogen and oxygen atoms in total. The van der Waals surface area contributed by atoms with Crippen LogP contribution in [0, 0.1) is 5.82 Å². The summed E-state index contributed by atoms with van der Waals surface area (Å²) in [6.45, 7) is 3.91. The second-order valence-corrected chi connectivity index (χ2v) is 5.18. The molecule has 0 saturated carbocycles. The van der Waals surface area contributed by atoms with Gasteiger partial charge in [0.05, 0.1) is 5.69 Å². The molecule has 0 bridgehead atoms. The molecular formula is C15H20FN3. The summed E-state index contributed by atoms with van der Waals surface area (Å²) in [7, 11) is 1.89. The van der Waals surface area contributed by atoms with Gasteiger partial charge in [0.1, 0.15) is 5.82 Å². The minimum atomic E-state index is -0.746. The van der Waals surface area contributed by atoms with Crippen molar-refractivity contribution in [2.45, 2.75) is 32.2 Å². The number of hydrogen-bond donors (Lipinski definition) is 1. The van der Waals surface area contributed by atoms with Crippen LogP contribution in [-0.4, -0.2) is 9.78 Å². The lowest BCUT2D eigenvalue weighted by molar-refractivity contribution is 0.444. The van der Waals surface area contributed by atoms with Crippen LogP contribution in [0.3, 0.4) is 0 Å². The summed E-state index contributed by atoms with van der Waals surface area (Å²) in [5.74, 6) is -0.259. The van der Waals surface area contributed by atoms with Crippen LogP contribution < -0.4 is 5.73 Å². The Labute approximate surface area is 113 Å². The highest BCUT2D eigenvalue weighted by atomic mass is 19.1. The van der Waals surface area contributed by atoms with E-state index in [1.165, 1.54) is 6.07 Å². The molecule has 0 radical (unpaired) electrons. The van der Waals surface area contributed by atoms with Crippen LogP contribution in [0.1, 0.15) is 30.8 Å². The molecule has 1 aromatic carbocycles. The Balaban J connectivity index is 2.30. The summed E-state index contributed by atoms with van der Waals surface area (Å²) in [6, 6.07) is 8.71. The standard InChI is InChI=1S/C15H20FN3/c1-4-11-9-12(19(3)18-11)10-15(2,17)13-7-5-6-8-14(13)16/h5-9H,4,10,17H2,1-3H3. The Morgan fingerprint density at radius 1 is 1.37 bits per heavy atom. The van der Waals surface area contributed by atoms with Gasteiger partial charge in [-0.25, -0.2) is 4.39 Å². The fraction of sp³-hybridized carbons (Fsp3) is 0.400.